The molecule has 3 aromatic rings. The van der Waals surface area contributed by atoms with Gasteiger partial charge in [-0.25, -0.2) is 4.79 Å². The van der Waals surface area contributed by atoms with Gasteiger partial charge >= 0.3 is 5.97 Å². The summed E-state index contributed by atoms with van der Waals surface area (Å²) in [4.78, 5) is 28.7. The second-order valence-corrected chi connectivity index (χ2v) is 6.74. The van der Waals surface area contributed by atoms with Crippen molar-refractivity contribution in [2.24, 2.45) is 0 Å². The third kappa shape index (κ3) is 5.65. The lowest BCUT2D eigenvalue weighted by molar-refractivity contribution is -0.145. The number of aryl methyl sites for hydroxylation is 1. The van der Waals surface area contributed by atoms with Gasteiger partial charge in [-0.2, -0.15) is 4.98 Å². The largest absolute Gasteiger partial charge is 0.467 e. The average molecular weight is 414 g/mol. The van der Waals surface area contributed by atoms with Crippen LogP contribution in [0.3, 0.4) is 0 Å². The molecule has 0 aliphatic rings. The minimum absolute atomic E-state index is 0.207. The van der Waals surface area contributed by atoms with Gasteiger partial charge in [-0.05, 0) is 36.2 Å². The number of nitrogens with one attached hydrogen (secondary N) is 1. The molecule has 1 N–H and O–H groups in total. The van der Waals surface area contributed by atoms with Crippen LogP contribution in [0.1, 0.15) is 30.3 Å². The highest BCUT2D eigenvalue weighted by molar-refractivity contribution is 6.30. The molecule has 1 unspecified atom stereocenters. The van der Waals surface area contributed by atoms with Gasteiger partial charge in [0, 0.05) is 23.4 Å². The van der Waals surface area contributed by atoms with Crippen molar-refractivity contribution in [2.45, 2.75) is 25.3 Å². The summed E-state index contributed by atoms with van der Waals surface area (Å²) < 4.78 is 10.0. The number of halogens is 1. The standard InChI is InChI=1S/C21H20ClN3O4/c1-28-21(27)19(14-6-3-2-4-7-14)23-17(26)8-5-9-18-24-20(25-29-18)15-10-12-16(22)13-11-15/h2-4,6-7,10-13,19H,5,8-9H2,1H3,(H,23,26). The summed E-state index contributed by atoms with van der Waals surface area (Å²) in [6.07, 6.45) is 1.15. The highest BCUT2D eigenvalue weighted by Gasteiger charge is 2.23. The van der Waals surface area contributed by atoms with Gasteiger partial charge < -0.3 is 14.6 Å². The van der Waals surface area contributed by atoms with Crippen LogP contribution in [0.5, 0.6) is 0 Å². The smallest absolute Gasteiger partial charge is 0.333 e. The Kier molecular flexibility index (Phi) is 6.97. The van der Waals surface area contributed by atoms with Crippen molar-refractivity contribution in [3.8, 4) is 11.4 Å². The first-order valence-electron chi connectivity index (χ1n) is 9.07. The number of nitrogens with zero attached hydrogens (tertiary/aromatic N) is 2. The van der Waals surface area contributed by atoms with Crippen LogP contribution in [0.4, 0.5) is 0 Å². The molecular formula is C21H20ClN3O4. The van der Waals surface area contributed by atoms with E-state index in [1.807, 2.05) is 6.07 Å². The molecule has 2 aromatic carbocycles. The lowest BCUT2D eigenvalue weighted by Crippen LogP contribution is -2.34. The third-order valence-corrected chi connectivity index (χ3v) is 4.49. The normalized spacial score (nSPS) is 11.7. The summed E-state index contributed by atoms with van der Waals surface area (Å²) >= 11 is 5.88. The van der Waals surface area contributed by atoms with Crippen LogP contribution in [-0.2, 0) is 20.7 Å². The average Bonchev–Trinajstić information content (AvgIpc) is 3.21. The van der Waals surface area contributed by atoms with Crippen molar-refractivity contribution in [1.29, 1.82) is 0 Å². The molecule has 0 saturated carbocycles. The molecule has 29 heavy (non-hydrogen) atoms. The summed E-state index contributed by atoms with van der Waals surface area (Å²) in [6, 6.07) is 15.2. The molecule has 1 aromatic heterocycles. The van der Waals surface area contributed by atoms with Crippen molar-refractivity contribution in [1.82, 2.24) is 15.5 Å². The van der Waals surface area contributed by atoms with Crippen molar-refractivity contribution in [3.63, 3.8) is 0 Å². The Morgan fingerprint density at radius 2 is 1.86 bits per heavy atom. The second-order valence-electron chi connectivity index (χ2n) is 6.31. The van der Waals surface area contributed by atoms with Crippen molar-refractivity contribution in [2.75, 3.05) is 7.11 Å². The Labute approximate surface area is 173 Å². The van der Waals surface area contributed by atoms with E-state index in [2.05, 4.69) is 15.5 Å². The molecular weight excluding hydrogens is 394 g/mol. The van der Waals surface area contributed by atoms with Gasteiger partial charge in [0.25, 0.3) is 0 Å². The Morgan fingerprint density at radius 1 is 1.14 bits per heavy atom. The lowest BCUT2D eigenvalue weighted by Gasteiger charge is -2.16. The van der Waals surface area contributed by atoms with E-state index in [1.54, 1.807) is 48.5 Å². The first-order chi connectivity index (χ1) is 14.1. The number of esters is 1. The zero-order valence-corrected chi connectivity index (χ0v) is 16.6. The third-order valence-electron chi connectivity index (χ3n) is 4.24. The summed E-state index contributed by atoms with van der Waals surface area (Å²) in [6.45, 7) is 0. The number of carbonyl (C=O) groups is 2. The first-order valence-corrected chi connectivity index (χ1v) is 9.45. The van der Waals surface area contributed by atoms with Gasteiger partial charge in [-0.1, -0.05) is 47.1 Å². The van der Waals surface area contributed by atoms with Gasteiger partial charge in [-0.15, -0.1) is 0 Å². The molecule has 0 aliphatic heterocycles. The lowest BCUT2D eigenvalue weighted by atomic mass is 10.1. The van der Waals surface area contributed by atoms with Crippen LogP contribution in [0.2, 0.25) is 5.02 Å². The van der Waals surface area contributed by atoms with Crippen LogP contribution in [0.15, 0.2) is 59.1 Å². The molecule has 1 atom stereocenters. The van der Waals surface area contributed by atoms with E-state index in [-0.39, 0.29) is 12.3 Å². The first kappa shape index (κ1) is 20.5. The van der Waals surface area contributed by atoms with Crippen molar-refractivity contribution < 1.29 is 18.8 Å². The summed E-state index contributed by atoms with van der Waals surface area (Å²) in [5.41, 5.74) is 1.46. The van der Waals surface area contributed by atoms with E-state index in [9.17, 15) is 9.59 Å². The van der Waals surface area contributed by atoms with Crippen molar-refractivity contribution >= 4 is 23.5 Å². The van der Waals surface area contributed by atoms with Crippen LogP contribution >= 0.6 is 11.6 Å². The SMILES string of the molecule is COC(=O)C(NC(=O)CCCc1nc(-c2ccc(Cl)cc2)no1)c1ccccc1. The van der Waals surface area contributed by atoms with E-state index in [0.29, 0.717) is 35.1 Å². The number of ether oxygens (including phenoxy) is 1. The highest BCUT2D eigenvalue weighted by atomic mass is 35.5. The van der Waals surface area contributed by atoms with Gasteiger partial charge in [0.1, 0.15) is 0 Å². The molecule has 0 radical (unpaired) electrons. The minimum Gasteiger partial charge on any atom is -0.467 e. The molecule has 0 saturated heterocycles. The molecule has 1 heterocycles. The van der Waals surface area contributed by atoms with Gasteiger partial charge in [0.05, 0.1) is 7.11 Å². The van der Waals surface area contributed by atoms with E-state index >= 15 is 0 Å². The zero-order valence-electron chi connectivity index (χ0n) is 15.8. The van der Waals surface area contributed by atoms with E-state index in [4.69, 9.17) is 20.9 Å². The van der Waals surface area contributed by atoms with Gasteiger partial charge in [-0.3, -0.25) is 4.79 Å². The minimum atomic E-state index is -0.839. The summed E-state index contributed by atoms with van der Waals surface area (Å²) in [7, 11) is 1.29. The zero-order chi connectivity index (χ0) is 20.6. The monoisotopic (exact) mass is 413 g/mol. The Bertz CT molecular complexity index is 958. The fourth-order valence-electron chi connectivity index (χ4n) is 2.75. The maximum atomic E-state index is 12.3. The molecule has 1 amide bonds. The summed E-state index contributed by atoms with van der Waals surface area (Å²) in [5, 5.41) is 7.29. The number of methoxy groups -OCH3 is 1. The van der Waals surface area contributed by atoms with E-state index in [1.165, 1.54) is 7.11 Å². The maximum absolute atomic E-state index is 12.3. The van der Waals surface area contributed by atoms with Crippen molar-refractivity contribution in [3.05, 3.63) is 71.1 Å². The summed E-state index contributed by atoms with van der Waals surface area (Å²) in [5.74, 6) is 0.127. The number of rotatable bonds is 8. The number of carbonyl (C=O) groups excluding carboxylic acids is 2. The number of amides is 1. The predicted octanol–water partition coefficient (Wildman–Crippen LogP) is 3.74. The van der Waals surface area contributed by atoms with Crippen LogP contribution in [0.25, 0.3) is 11.4 Å². The van der Waals surface area contributed by atoms with Crippen LogP contribution in [-0.4, -0.2) is 29.1 Å². The number of benzene rings is 2. The number of aromatic nitrogens is 2. The van der Waals surface area contributed by atoms with Gasteiger partial charge in [0.2, 0.25) is 17.6 Å². The van der Waals surface area contributed by atoms with E-state index in [0.717, 1.165) is 5.56 Å². The van der Waals surface area contributed by atoms with Crippen LogP contribution in [0, 0.1) is 0 Å². The topological polar surface area (TPSA) is 94.3 Å². The quantitative estimate of drug-likeness (QED) is 0.565. The predicted molar refractivity (Wildman–Crippen MR) is 107 cm³/mol. The molecule has 0 aliphatic carbocycles. The molecule has 0 bridgehead atoms. The Balaban J connectivity index is 1.53. The van der Waals surface area contributed by atoms with Crippen LogP contribution < -0.4 is 5.32 Å². The maximum Gasteiger partial charge on any atom is 0.333 e. The molecule has 0 fully saturated rings. The van der Waals surface area contributed by atoms with Gasteiger partial charge in [0.15, 0.2) is 6.04 Å². The second kappa shape index (κ2) is 9.84. The fourth-order valence-corrected chi connectivity index (χ4v) is 2.87. The molecule has 7 nitrogen and oxygen atoms in total. The fraction of sp³-hybridized carbons (Fsp3) is 0.238. The van der Waals surface area contributed by atoms with E-state index < -0.39 is 12.0 Å². The molecule has 8 heteroatoms. The Hall–Kier alpha value is -3.19. The molecule has 0 spiro atoms. The number of hydrogen-bond acceptors (Lipinski definition) is 6. The molecule has 150 valence electrons. The molecule has 3 rings (SSSR count). The Morgan fingerprint density at radius 3 is 2.55 bits per heavy atom. The highest BCUT2D eigenvalue weighted by Crippen LogP contribution is 2.19. The number of hydrogen-bond donors (Lipinski definition) is 1.